The first-order valence-corrected chi connectivity index (χ1v) is 10.2. The number of aryl methyl sites for hydroxylation is 2. The highest BCUT2D eigenvalue weighted by Gasteiger charge is 2.04. The molecule has 0 saturated carbocycles. The molecular formula is C23H22IN3O2. The molecule has 0 radical (unpaired) electrons. The fourth-order valence-corrected chi connectivity index (χ4v) is 3.40. The number of rotatable bonds is 6. The molecule has 0 aliphatic rings. The van der Waals surface area contributed by atoms with Crippen LogP contribution >= 0.6 is 22.6 Å². The molecule has 0 aromatic heterocycles. The molecule has 2 N–H and O–H groups in total. The number of nitrogens with zero attached hydrogens (tertiary/aromatic N) is 1. The second-order valence-corrected chi connectivity index (χ2v) is 7.77. The summed E-state index contributed by atoms with van der Waals surface area (Å²) in [5.74, 6) is 0.814. The molecule has 6 heteroatoms. The molecule has 0 aliphatic carbocycles. The quantitative estimate of drug-likeness (QED) is 0.262. The fourth-order valence-electron chi connectivity index (χ4n) is 2.71. The maximum atomic E-state index is 12.0. The lowest BCUT2D eigenvalue weighted by Crippen LogP contribution is -2.24. The minimum atomic E-state index is -0.386. The molecule has 0 aliphatic heterocycles. The number of amides is 2. The number of hydrogen-bond acceptors (Lipinski definition) is 3. The van der Waals surface area contributed by atoms with Gasteiger partial charge in [0.05, 0.1) is 9.78 Å². The summed E-state index contributed by atoms with van der Waals surface area (Å²) >= 11 is 2.23. The van der Waals surface area contributed by atoms with Crippen LogP contribution in [0.1, 0.15) is 22.3 Å². The van der Waals surface area contributed by atoms with Crippen molar-refractivity contribution in [2.24, 2.45) is 5.10 Å². The summed E-state index contributed by atoms with van der Waals surface area (Å²) < 4.78 is 6.90. The number of hydrazone groups is 1. The zero-order chi connectivity index (χ0) is 20.6. The number of nitrogens with one attached hydrogen (secondary N) is 2. The van der Waals surface area contributed by atoms with Crippen molar-refractivity contribution in [2.45, 2.75) is 20.5 Å². The summed E-state index contributed by atoms with van der Waals surface area (Å²) in [7, 11) is 0. The molecule has 0 saturated heterocycles. The smallest absolute Gasteiger partial charge is 0.339 e. The van der Waals surface area contributed by atoms with Crippen molar-refractivity contribution in [1.29, 1.82) is 0 Å². The van der Waals surface area contributed by atoms with Crippen LogP contribution in [0.3, 0.4) is 0 Å². The maximum absolute atomic E-state index is 12.0. The molecule has 0 spiro atoms. The van der Waals surface area contributed by atoms with Crippen molar-refractivity contribution < 1.29 is 9.53 Å². The van der Waals surface area contributed by atoms with Gasteiger partial charge in [-0.2, -0.15) is 5.10 Å². The molecule has 5 nitrogen and oxygen atoms in total. The topological polar surface area (TPSA) is 62.7 Å². The lowest BCUT2D eigenvalue weighted by molar-refractivity contribution is 0.252. The highest BCUT2D eigenvalue weighted by atomic mass is 127. The third-order valence-corrected chi connectivity index (χ3v) is 5.05. The molecule has 29 heavy (non-hydrogen) atoms. The Bertz CT molecular complexity index is 1030. The first-order chi connectivity index (χ1) is 14.0. The van der Waals surface area contributed by atoms with E-state index in [2.05, 4.69) is 63.6 Å². The van der Waals surface area contributed by atoms with Crippen molar-refractivity contribution in [2.75, 3.05) is 5.32 Å². The number of benzene rings is 3. The zero-order valence-electron chi connectivity index (χ0n) is 16.3. The van der Waals surface area contributed by atoms with Crippen molar-refractivity contribution >= 4 is 40.5 Å². The van der Waals surface area contributed by atoms with Gasteiger partial charge in [-0.1, -0.05) is 48.0 Å². The van der Waals surface area contributed by atoms with Crippen LogP contribution in [0.2, 0.25) is 0 Å². The van der Waals surface area contributed by atoms with Gasteiger partial charge in [0.15, 0.2) is 0 Å². The van der Waals surface area contributed by atoms with E-state index in [0.717, 1.165) is 31.7 Å². The van der Waals surface area contributed by atoms with Crippen molar-refractivity contribution in [3.8, 4) is 5.75 Å². The van der Waals surface area contributed by atoms with E-state index in [1.165, 1.54) is 5.56 Å². The van der Waals surface area contributed by atoms with Crippen molar-refractivity contribution in [1.82, 2.24) is 5.43 Å². The Morgan fingerprint density at radius 1 is 1.07 bits per heavy atom. The van der Waals surface area contributed by atoms with Crippen LogP contribution in [-0.2, 0) is 6.61 Å². The molecule has 3 aromatic carbocycles. The van der Waals surface area contributed by atoms with Crippen LogP contribution < -0.4 is 15.5 Å². The second kappa shape index (κ2) is 10.1. The molecule has 0 unspecified atom stereocenters. The molecule has 3 aromatic rings. The van der Waals surface area contributed by atoms with E-state index < -0.39 is 0 Å². The minimum Gasteiger partial charge on any atom is -0.488 e. The lowest BCUT2D eigenvalue weighted by atomic mass is 10.1. The monoisotopic (exact) mass is 499 g/mol. The van der Waals surface area contributed by atoms with Gasteiger partial charge in [0.1, 0.15) is 12.4 Å². The van der Waals surface area contributed by atoms with Gasteiger partial charge >= 0.3 is 6.03 Å². The number of anilines is 1. The number of ether oxygens (including phenoxy) is 1. The molecule has 0 bridgehead atoms. The van der Waals surface area contributed by atoms with Crippen molar-refractivity contribution in [3.63, 3.8) is 0 Å². The number of carbonyl (C=O) groups excluding carboxylic acids is 1. The minimum absolute atomic E-state index is 0.386. The Morgan fingerprint density at radius 2 is 1.90 bits per heavy atom. The van der Waals surface area contributed by atoms with E-state index in [0.29, 0.717) is 6.61 Å². The largest absolute Gasteiger partial charge is 0.488 e. The van der Waals surface area contributed by atoms with Gasteiger partial charge in [-0.15, -0.1) is 0 Å². The van der Waals surface area contributed by atoms with E-state index in [1.54, 1.807) is 6.21 Å². The van der Waals surface area contributed by atoms with E-state index in [9.17, 15) is 4.79 Å². The van der Waals surface area contributed by atoms with Gasteiger partial charge in [0.25, 0.3) is 0 Å². The molecule has 0 atom stereocenters. The van der Waals surface area contributed by atoms with Gasteiger partial charge in [0.2, 0.25) is 0 Å². The molecule has 148 valence electrons. The highest BCUT2D eigenvalue weighted by Crippen LogP contribution is 2.23. The number of hydrogen-bond donors (Lipinski definition) is 2. The summed E-state index contributed by atoms with van der Waals surface area (Å²) in [5, 5.41) is 6.78. The van der Waals surface area contributed by atoms with Crippen LogP contribution in [0.15, 0.2) is 71.8 Å². The summed E-state index contributed by atoms with van der Waals surface area (Å²) in [6, 6.07) is 21.2. The van der Waals surface area contributed by atoms with Crippen LogP contribution in [0.4, 0.5) is 10.5 Å². The van der Waals surface area contributed by atoms with Crippen LogP contribution in [0.25, 0.3) is 0 Å². The van der Waals surface area contributed by atoms with E-state index >= 15 is 0 Å². The highest BCUT2D eigenvalue weighted by molar-refractivity contribution is 14.1. The number of urea groups is 1. The second-order valence-electron chi connectivity index (χ2n) is 6.61. The van der Waals surface area contributed by atoms with E-state index in [4.69, 9.17) is 4.74 Å². The molecule has 2 amide bonds. The van der Waals surface area contributed by atoms with Gasteiger partial charge in [-0.3, -0.25) is 0 Å². The predicted molar refractivity (Wildman–Crippen MR) is 126 cm³/mol. The standard InChI is InChI=1S/C23H22IN3O2/c1-16-6-5-8-19(12-16)15-29-22-11-10-18(13-20(22)24)14-25-27-23(28)26-21-9-4-3-7-17(21)2/h3-14H,15H2,1-2H3,(H2,26,27,28). The molecular weight excluding hydrogens is 477 g/mol. The van der Waals surface area contributed by atoms with Crippen molar-refractivity contribution in [3.05, 3.63) is 92.6 Å². The summed E-state index contributed by atoms with van der Waals surface area (Å²) in [4.78, 5) is 12.0. The van der Waals surface area contributed by atoms with Crippen LogP contribution in [0.5, 0.6) is 5.75 Å². The molecule has 3 rings (SSSR count). The molecule has 0 heterocycles. The Balaban J connectivity index is 1.54. The summed E-state index contributed by atoms with van der Waals surface area (Å²) in [6.45, 7) is 4.52. The maximum Gasteiger partial charge on any atom is 0.339 e. The van der Waals surface area contributed by atoms with Crippen LogP contribution in [0, 0.1) is 17.4 Å². The fraction of sp³-hybridized carbons (Fsp3) is 0.130. The van der Waals surface area contributed by atoms with E-state index in [1.807, 2.05) is 55.5 Å². The summed E-state index contributed by atoms with van der Waals surface area (Å²) in [6.07, 6.45) is 1.60. The average molecular weight is 499 g/mol. The zero-order valence-corrected chi connectivity index (χ0v) is 18.4. The first-order valence-electron chi connectivity index (χ1n) is 9.15. The van der Waals surface area contributed by atoms with Gasteiger partial charge in [-0.05, 0) is 77.4 Å². The molecule has 0 fully saturated rings. The normalized spacial score (nSPS) is 10.7. The Kier molecular flexibility index (Phi) is 7.24. The Morgan fingerprint density at radius 3 is 2.66 bits per heavy atom. The summed E-state index contributed by atoms with van der Waals surface area (Å²) in [5.41, 5.74) is 7.44. The Hall–Kier alpha value is -2.87. The van der Waals surface area contributed by atoms with E-state index in [-0.39, 0.29) is 6.03 Å². The van der Waals surface area contributed by atoms with Gasteiger partial charge < -0.3 is 10.1 Å². The number of para-hydroxylation sites is 1. The average Bonchev–Trinajstić information content (AvgIpc) is 2.69. The number of halogens is 1. The van der Waals surface area contributed by atoms with Gasteiger partial charge in [0, 0.05) is 5.69 Å². The lowest BCUT2D eigenvalue weighted by Gasteiger charge is -2.09. The third kappa shape index (κ3) is 6.32. The first kappa shape index (κ1) is 20.9. The predicted octanol–water partition coefficient (Wildman–Crippen LogP) is 5.64. The Labute approximate surface area is 184 Å². The van der Waals surface area contributed by atoms with Crippen LogP contribution in [-0.4, -0.2) is 12.2 Å². The van der Waals surface area contributed by atoms with Gasteiger partial charge in [-0.25, -0.2) is 10.2 Å². The number of carbonyl (C=O) groups is 1. The third-order valence-electron chi connectivity index (χ3n) is 4.21. The SMILES string of the molecule is Cc1cccc(COc2ccc(C=NNC(=O)Nc3ccccc3C)cc2I)c1.